The van der Waals surface area contributed by atoms with Crippen LogP contribution in [0.5, 0.6) is 0 Å². The molecule has 2 aliphatic heterocycles. The first-order valence-electron chi connectivity index (χ1n) is 7.36. The van der Waals surface area contributed by atoms with Gasteiger partial charge in [0.2, 0.25) is 0 Å². The Balaban J connectivity index is 1.62. The van der Waals surface area contributed by atoms with E-state index in [2.05, 4.69) is 29.2 Å². The maximum absolute atomic E-state index is 5.60. The monoisotopic (exact) mass is 261 g/mol. The van der Waals surface area contributed by atoms with Gasteiger partial charge >= 0.3 is 0 Å². The number of fused-ring (bicyclic) bond motifs is 1. The largest absolute Gasteiger partial charge is 0.379 e. The molecule has 1 aromatic rings. The van der Waals surface area contributed by atoms with Crippen LogP contribution >= 0.6 is 0 Å². The highest BCUT2D eigenvalue weighted by Crippen LogP contribution is 2.19. The highest BCUT2D eigenvalue weighted by molar-refractivity contribution is 5.27. The van der Waals surface area contributed by atoms with Crippen molar-refractivity contribution in [3.63, 3.8) is 0 Å². The van der Waals surface area contributed by atoms with Crippen LogP contribution in [0.25, 0.3) is 0 Å². The topological polar surface area (TPSA) is 21.7 Å². The Morgan fingerprint density at radius 2 is 1.79 bits per heavy atom. The summed E-state index contributed by atoms with van der Waals surface area (Å²) in [5.41, 5.74) is 3.02. The van der Waals surface area contributed by atoms with E-state index in [0.717, 1.165) is 39.5 Å². The van der Waals surface area contributed by atoms with Crippen molar-refractivity contribution in [1.82, 2.24) is 4.90 Å². The van der Waals surface area contributed by atoms with Crippen LogP contribution < -0.4 is 0 Å². The fourth-order valence-electron chi connectivity index (χ4n) is 3.06. The van der Waals surface area contributed by atoms with Crippen molar-refractivity contribution in [3.05, 3.63) is 35.4 Å². The van der Waals surface area contributed by atoms with E-state index in [4.69, 9.17) is 9.47 Å². The number of hydrogen-bond acceptors (Lipinski definition) is 3. The second-order valence-electron chi connectivity index (χ2n) is 5.62. The Labute approximate surface area is 115 Å². The third kappa shape index (κ3) is 3.56. The summed E-state index contributed by atoms with van der Waals surface area (Å²) < 4.78 is 11.2. The smallest absolute Gasteiger partial charge is 0.0700 e. The third-order valence-electron chi connectivity index (χ3n) is 4.03. The summed E-state index contributed by atoms with van der Waals surface area (Å²) in [5.74, 6) is 0.521. The van der Waals surface area contributed by atoms with E-state index in [1.165, 1.54) is 30.5 Å². The first kappa shape index (κ1) is 13.1. The van der Waals surface area contributed by atoms with Crippen molar-refractivity contribution in [2.75, 3.05) is 39.5 Å². The van der Waals surface area contributed by atoms with Crippen molar-refractivity contribution in [3.8, 4) is 0 Å². The number of rotatable bonds is 2. The predicted octanol–water partition coefficient (Wildman–Crippen LogP) is 2.10. The molecule has 0 unspecified atom stereocenters. The molecular weight excluding hydrogens is 238 g/mol. The summed E-state index contributed by atoms with van der Waals surface area (Å²) in [6.07, 6.45) is 2.47. The lowest BCUT2D eigenvalue weighted by Gasteiger charge is -2.25. The Morgan fingerprint density at radius 3 is 2.58 bits per heavy atom. The molecule has 0 radical (unpaired) electrons. The molecule has 0 atom stereocenters. The Bertz CT molecular complexity index is 399. The lowest BCUT2D eigenvalue weighted by Crippen LogP contribution is -2.32. The Kier molecular flexibility index (Phi) is 4.49. The summed E-state index contributed by atoms with van der Waals surface area (Å²) in [4.78, 5) is 2.56. The van der Waals surface area contributed by atoms with Gasteiger partial charge in [-0.25, -0.2) is 0 Å². The minimum Gasteiger partial charge on any atom is -0.379 e. The Morgan fingerprint density at radius 1 is 1.05 bits per heavy atom. The SMILES string of the molecule is c1ccc2c(c1)CCCN(CC1COCCOC1)C2. The molecular formula is C16H23NO2. The van der Waals surface area contributed by atoms with E-state index < -0.39 is 0 Å². The molecule has 1 fully saturated rings. The van der Waals surface area contributed by atoms with Crippen LogP contribution in [0.1, 0.15) is 17.5 Å². The van der Waals surface area contributed by atoms with Crippen LogP contribution in [0.3, 0.4) is 0 Å². The van der Waals surface area contributed by atoms with Gasteiger partial charge in [0.05, 0.1) is 26.4 Å². The lowest BCUT2D eigenvalue weighted by atomic mass is 10.0. The zero-order chi connectivity index (χ0) is 12.9. The second kappa shape index (κ2) is 6.51. The van der Waals surface area contributed by atoms with E-state index in [-0.39, 0.29) is 0 Å². The molecule has 19 heavy (non-hydrogen) atoms. The van der Waals surface area contributed by atoms with Gasteiger partial charge in [0.25, 0.3) is 0 Å². The van der Waals surface area contributed by atoms with Crippen molar-refractivity contribution in [2.45, 2.75) is 19.4 Å². The molecule has 0 aliphatic carbocycles. The molecule has 3 rings (SSSR count). The molecule has 0 saturated carbocycles. The summed E-state index contributed by atoms with van der Waals surface area (Å²) in [7, 11) is 0. The Hall–Kier alpha value is -0.900. The molecule has 3 nitrogen and oxygen atoms in total. The highest BCUT2D eigenvalue weighted by atomic mass is 16.5. The number of aryl methyl sites for hydroxylation is 1. The molecule has 2 aliphatic rings. The van der Waals surface area contributed by atoms with Gasteiger partial charge in [0, 0.05) is 19.0 Å². The molecule has 0 bridgehead atoms. The fraction of sp³-hybridized carbons (Fsp3) is 0.625. The zero-order valence-corrected chi connectivity index (χ0v) is 11.5. The number of benzene rings is 1. The molecule has 0 N–H and O–H groups in total. The van der Waals surface area contributed by atoms with Gasteiger partial charge in [-0.3, -0.25) is 4.90 Å². The highest BCUT2D eigenvalue weighted by Gasteiger charge is 2.19. The number of ether oxygens (including phenoxy) is 2. The fourth-order valence-corrected chi connectivity index (χ4v) is 3.06. The van der Waals surface area contributed by atoms with Gasteiger partial charge in [-0.15, -0.1) is 0 Å². The van der Waals surface area contributed by atoms with E-state index in [9.17, 15) is 0 Å². The van der Waals surface area contributed by atoms with E-state index in [1.807, 2.05) is 0 Å². The van der Waals surface area contributed by atoms with Gasteiger partial charge in [-0.1, -0.05) is 24.3 Å². The lowest BCUT2D eigenvalue weighted by molar-refractivity contribution is 0.102. The number of hydrogen-bond donors (Lipinski definition) is 0. The van der Waals surface area contributed by atoms with Crippen LogP contribution in [0.15, 0.2) is 24.3 Å². The molecule has 0 amide bonds. The second-order valence-corrected chi connectivity index (χ2v) is 5.62. The van der Waals surface area contributed by atoms with E-state index >= 15 is 0 Å². The van der Waals surface area contributed by atoms with E-state index in [1.54, 1.807) is 0 Å². The summed E-state index contributed by atoms with van der Waals surface area (Å²) in [6, 6.07) is 8.85. The molecule has 0 spiro atoms. The standard InChI is InChI=1S/C16H23NO2/c1-2-5-16-11-17(7-3-6-15(16)4-1)10-14-12-18-8-9-19-13-14/h1-2,4-5,14H,3,6-13H2. The van der Waals surface area contributed by atoms with Gasteiger partial charge in [-0.05, 0) is 30.5 Å². The maximum Gasteiger partial charge on any atom is 0.0700 e. The zero-order valence-electron chi connectivity index (χ0n) is 11.5. The maximum atomic E-state index is 5.60. The molecule has 0 aromatic heterocycles. The van der Waals surface area contributed by atoms with Gasteiger partial charge in [0.15, 0.2) is 0 Å². The summed E-state index contributed by atoms with van der Waals surface area (Å²) in [6.45, 7) is 6.54. The molecule has 3 heteroatoms. The summed E-state index contributed by atoms with van der Waals surface area (Å²) >= 11 is 0. The number of nitrogens with zero attached hydrogens (tertiary/aromatic N) is 1. The quantitative estimate of drug-likeness (QED) is 0.814. The third-order valence-corrected chi connectivity index (χ3v) is 4.03. The minimum absolute atomic E-state index is 0.521. The van der Waals surface area contributed by atoms with Crippen LogP contribution in [-0.4, -0.2) is 44.4 Å². The molecule has 2 heterocycles. The minimum atomic E-state index is 0.521. The van der Waals surface area contributed by atoms with Crippen molar-refractivity contribution in [2.24, 2.45) is 5.92 Å². The van der Waals surface area contributed by atoms with Gasteiger partial charge in [-0.2, -0.15) is 0 Å². The van der Waals surface area contributed by atoms with Crippen molar-refractivity contribution in [1.29, 1.82) is 0 Å². The first-order valence-corrected chi connectivity index (χ1v) is 7.36. The van der Waals surface area contributed by atoms with Gasteiger partial charge in [0.1, 0.15) is 0 Å². The van der Waals surface area contributed by atoms with Crippen LogP contribution in [0.2, 0.25) is 0 Å². The predicted molar refractivity (Wildman–Crippen MR) is 75.2 cm³/mol. The average molecular weight is 261 g/mol. The molecule has 1 aromatic carbocycles. The van der Waals surface area contributed by atoms with E-state index in [0.29, 0.717) is 5.92 Å². The van der Waals surface area contributed by atoms with Crippen molar-refractivity contribution < 1.29 is 9.47 Å². The van der Waals surface area contributed by atoms with Crippen LogP contribution in [0, 0.1) is 5.92 Å². The van der Waals surface area contributed by atoms with Crippen LogP contribution in [-0.2, 0) is 22.4 Å². The first-order chi connectivity index (χ1) is 9.42. The van der Waals surface area contributed by atoms with Crippen LogP contribution in [0.4, 0.5) is 0 Å². The summed E-state index contributed by atoms with van der Waals surface area (Å²) in [5, 5.41) is 0. The van der Waals surface area contributed by atoms with Gasteiger partial charge < -0.3 is 9.47 Å². The van der Waals surface area contributed by atoms with Crippen molar-refractivity contribution >= 4 is 0 Å². The molecule has 1 saturated heterocycles. The average Bonchev–Trinajstić information content (AvgIpc) is 2.79. The molecule has 104 valence electrons. The normalized spacial score (nSPS) is 22.5.